The number of benzene rings is 1. The van der Waals surface area contributed by atoms with Crippen molar-refractivity contribution in [2.75, 3.05) is 13.1 Å². The number of halogens is 1. The Kier molecular flexibility index (Phi) is 4.39. The first-order chi connectivity index (χ1) is 8.42. The number of piperidine rings is 1. The topological polar surface area (TPSA) is 34.1 Å². The van der Waals surface area contributed by atoms with E-state index in [1.54, 1.807) is 0 Å². The molecule has 1 aliphatic rings. The predicted molar refractivity (Wildman–Crippen MR) is 75.5 cm³/mol. The lowest BCUT2D eigenvalue weighted by atomic mass is 10.1. The summed E-state index contributed by atoms with van der Waals surface area (Å²) in [6, 6.07) is 8.23. The van der Waals surface area contributed by atoms with Crippen LogP contribution in [0.5, 0.6) is 5.75 Å². The second kappa shape index (κ2) is 6.03. The minimum absolute atomic E-state index is 0. The summed E-state index contributed by atoms with van der Waals surface area (Å²) in [6.45, 7) is 2.11. The highest BCUT2D eigenvalue weighted by molar-refractivity contribution is 5.85. The van der Waals surface area contributed by atoms with Crippen LogP contribution in [0.2, 0.25) is 0 Å². The summed E-state index contributed by atoms with van der Waals surface area (Å²) in [7, 11) is 0. The number of fused-ring (bicyclic) bond motifs is 1. The maximum atomic E-state index is 6.00. The monoisotopic (exact) mass is 264 g/mol. The van der Waals surface area contributed by atoms with Crippen molar-refractivity contribution in [3.63, 3.8) is 0 Å². The van der Waals surface area contributed by atoms with Gasteiger partial charge in [-0.3, -0.25) is 4.98 Å². The Morgan fingerprint density at radius 1 is 1.11 bits per heavy atom. The average Bonchev–Trinajstić information content (AvgIpc) is 2.40. The summed E-state index contributed by atoms with van der Waals surface area (Å²) >= 11 is 0. The second-order valence-electron chi connectivity index (χ2n) is 4.45. The van der Waals surface area contributed by atoms with Crippen molar-refractivity contribution >= 4 is 23.2 Å². The Morgan fingerprint density at radius 2 is 1.94 bits per heavy atom. The molecule has 2 aromatic rings. The minimum Gasteiger partial charge on any atom is -0.490 e. The molecule has 1 fully saturated rings. The van der Waals surface area contributed by atoms with Crippen LogP contribution in [0.4, 0.5) is 0 Å². The molecule has 0 amide bonds. The number of nitrogens with one attached hydrogen (secondary N) is 1. The van der Waals surface area contributed by atoms with E-state index in [2.05, 4.69) is 22.4 Å². The maximum Gasteiger partial charge on any atom is 0.120 e. The van der Waals surface area contributed by atoms with Gasteiger partial charge in [0.2, 0.25) is 0 Å². The van der Waals surface area contributed by atoms with Crippen LogP contribution in [0.3, 0.4) is 0 Å². The Hall–Kier alpha value is -1.32. The molecule has 1 N–H and O–H groups in total. The van der Waals surface area contributed by atoms with Crippen LogP contribution in [0.1, 0.15) is 12.8 Å². The van der Waals surface area contributed by atoms with E-state index >= 15 is 0 Å². The second-order valence-corrected chi connectivity index (χ2v) is 4.45. The first-order valence-electron chi connectivity index (χ1n) is 6.13. The molecule has 0 radical (unpaired) electrons. The van der Waals surface area contributed by atoms with Gasteiger partial charge in [0, 0.05) is 17.8 Å². The van der Waals surface area contributed by atoms with E-state index in [-0.39, 0.29) is 12.4 Å². The Morgan fingerprint density at radius 3 is 2.78 bits per heavy atom. The maximum absolute atomic E-state index is 6.00. The van der Waals surface area contributed by atoms with E-state index < -0.39 is 0 Å². The zero-order valence-corrected chi connectivity index (χ0v) is 11.0. The molecule has 1 aromatic carbocycles. The van der Waals surface area contributed by atoms with Gasteiger partial charge in [0.25, 0.3) is 0 Å². The van der Waals surface area contributed by atoms with Crippen LogP contribution in [-0.2, 0) is 0 Å². The molecule has 1 saturated heterocycles. The van der Waals surface area contributed by atoms with Gasteiger partial charge in [-0.2, -0.15) is 0 Å². The zero-order chi connectivity index (χ0) is 11.5. The smallest absolute Gasteiger partial charge is 0.120 e. The third-order valence-electron chi connectivity index (χ3n) is 3.20. The minimum atomic E-state index is 0. The standard InChI is InChI=1S/C14H16N2O.ClH/c1-2-14(17-13-4-7-15-8-5-13)9-12-10-16-6-3-11(1)12;/h1-3,6,9-10,13,15H,4-5,7-8H2;1H. The van der Waals surface area contributed by atoms with Crippen LogP contribution in [0.15, 0.2) is 36.7 Å². The van der Waals surface area contributed by atoms with Gasteiger partial charge < -0.3 is 10.1 Å². The van der Waals surface area contributed by atoms with Crippen molar-refractivity contribution in [2.24, 2.45) is 0 Å². The molecule has 1 aliphatic heterocycles. The van der Waals surface area contributed by atoms with Crippen LogP contribution in [0, 0.1) is 0 Å². The van der Waals surface area contributed by atoms with Crippen molar-refractivity contribution in [1.82, 2.24) is 10.3 Å². The van der Waals surface area contributed by atoms with E-state index in [0.29, 0.717) is 6.10 Å². The molecule has 0 atom stereocenters. The largest absolute Gasteiger partial charge is 0.490 e. The van der Waals surface area contributed by atoms with Crippen molar-refractivity contribution in [1.29, 1.82) is 0 Å². The lowest BCUT2D eigenvalue weighted by Gasteiger charge is -2.23. The lowest BCUT2D eigenvalue weighted by Crippen LogP contribution is -2.34. The highest BCUT2D eigenvalue weighted by Gasteiger charge is 2.14. The summed E-state index contributed by atoms with van der Waals surface area (Å²) in [4.78, 5) is 4.14. The third-order valence-corrected chi connectivity index (χ3v) is 3.20. The van der Waals surface area contributed by atoms with E-state index in [4.69, 9.17) is 4.74 Å². The van der Waals surface area contributed by atoms with Crippen LogP contribution in [-0.4, -0.2) is 24.2 Å². The number of nitrogens with zero attached hydrogens (tertiary/aromatic N) is 1. The van der Waals surface area contributed by atoms with Gasteiger partial charge in [-0.1, -0.05) is 6.07 Å². The summed E-state index contributed by atoms with van der Waals surface area (Å²) in [6.07, 6.45) is 6.22. The number of aromatic nitrogens is 1. The molecule has 0 bridgehead atoms. The van der Waals surface area contributed by atoms with Crippen molar-refractivity contribution in [2.45, 2.75) is 18.9 Å². The SMILES string of the molecule is Cl.c1cc2ccc(OC3CCNCC3)cc2cn1. The molecule has 0 aliphatic carbocycles. The van der Waals surface area contributed by atoms with Gasteiger partial charge in [-0.15, -0.1) is 12.4 Å². The molecule has 96 valence electrons. The van der Waals surface area contributed by atoms with E-state index in [9.17, 15) is 0 Å². The van der Waals surface area contributed by atoms with Crippen LogP contribution in [0.25, 0.3) is 10.8 Å². The van der Waals surface area contributed by atoms with Gasteiger partial charge in [0.15, 0.2) is 0 Å². The molecule has 18 heavy (non-hydrogen) atoms. The van der Waals surface area contributed by atoms with Crippen LogP contribution >= 0.6 is 12.4 Å². The molecule has 4 heteroatoms. The van der Waals surface area contributed by atoms with Gasteiger partial charge in [-0.25, -0.2) is 0 Å². The highest BCUT2D eigenvalue weighted by atomic mass is 35.5. The normalized spacial score (nSPS) is 16.2. The van der Waals surface area contributed by atoms with Crippen LogP contribution < -0.4 is 10.1 Å². The molecule has 3 rings (SSSR count). The quantitative estimate of drug-likeness (QED) is 0.906. The van der Waals surface area contributed by atoms with Crippen molar-refractivity contribution in [3.05, 3.63) is 36.7 Å². The predicted octanol–water partition coefficient (Wildman–Crippen LogP) is 2.79. The fourth-order valence-electron chi connectivity index (χ4n) is 2.24. The summed E-state index contributed by atoms with van der Waals surface area (Å²) in [5.74, 6) is 0.956. The zero-order valence-electron chi connectivity index (χ0n) is 10.1. The van der Waals surface area contributed by atoms with Gasteiger partial charge in [0.1, 0.15) is 11.9 Å². The molecular formula is C14H17ClN2O. The Labute approximate surface area is 113 Å². The van der Waals surface area contributed by atoms with Gasteiger partial charge in [0.05, 0.1) is 0 Å². The van der Waals surface area contributed by atoms with E-state index in [0.717, 1.165) is 37.1 Å². The first kappa shape index (κ1) is 13.1. The van der Waals surface area contributed by atoms with Gasteiger partial charge in [-0.05, 0) is 49.5 Å². The summed E-state index contributed by atoms with van der Waals surface area (Å²) < 4.78 is 6.00. The van der Waals surface area contributed by atoms with E-state index in [1.807, 2.05) is 24.5 Å². The number of pyridine rings is 1. The highest BCUT2D eigenvalue weighted by Crippen LogP contribution is 2.22. The summed E-state index contributed by atoms with van der Waals surface area (Å²) in [5.41, 5.74) is 0. The fraction of sp³-hybridized carbons (Fsp3) is 0.357. The summed E-state index contributed by atoms with van der Waals surface area (Å²) in [5, 5.41) is 5.68. The number of ether oxygens (including phenoxy) is 1. The van der Waals surface area contributed by atoms with Crippen molar-refractivity contribution < 1.29 is 4.74 Å². The first-order valence-corrected chi connectivity index (χ1v) is 6.13. The molecule has 3 nitrogen and oxygen atoms in total. The molecule has 0 spiro atoms. The number of hydrogen-bond donors (Lipinski definition) is 1. The molecule has 0 saturated carbocycles. The van der Waals surface area contributed by atoms with E-state index in [1.165, 1.54) is 5.39 Å². The molecular weight excluding hydrogens is 248 g/mol. The molecule has 2 heterocycles. The van der Waals surface area contributed by atoms with Crippen molar-refractivity contribution in [3.8, 4) is 5.75 Å². The number of rotatable bonds is 2. The Balaban J connectivity index is 0.00000120. The number of hydrogen-bond acceptors (Lipinski definition) is 3. The molecule has 0 unspecified atom stereocenters. The third kappa shape index (κ3) is 2.92. The average molecular weight is 265 g/mol. The Bertz CT molecular complexity index is 512. The lowest BCUT2D eigenvalue weighted by molar-refractivity contribution is 0.162. The fourth-order valence-corrected chi connectivity index (χ4v) is 2.24. The van der Waals surface area contributed by atoms with Gasteiger partial charge >= 0.3 is 0 Å². The molecule has 1 aromatic heterocycles.